The van der Waals surface area contributed by atoms with Gasteiger partial charge in [-0.2, -0.15) is 0 Å². The van der Waals surface area contributed by atoms with Crippen LogP contribution in [0.4, 0.5) is 15.8 Å². The minimum atomic E-state index is -1.27. The van der Waals surface area contributed by atoms with E-state index < -0.39 is 11.8 Å². The van der Waals surface area contributed by atoms with Gasteiger partial charge >= 0.3 is 5.97 Å². The quantitative estimate of drug-likeness (QED) is 0.823. The molecular formula is C17H15FN2O2S. The first kappa shape index (κ1) is 15.5. The molecule has 6 heteroatoms. The summed E-state index contributed by atoms with van der Waals surface area (Å²) >= 11 is 0.890. The lowest BCUT2D eigenvalue weighted by molar-refractivity contribution is 0.0697. The zero-order valence-electron chi connectivity index (χ0n) is 12.4. The summed E-state index contributed by atoms with van der Waals surface area (Å²) < 4.78 is 13.7. The van der Waals surface area contributed by atoms with Crippen molar-refractivity contribution in [1.29, 1.82) is 0 Å². The van der Waals surface area contributed by atoms with Crippen LogP contribution in [-0.4, -0.2) is 24.2 Å². The summed E-state index contributed by atoms with van der Waals surface area (Å²) in [5.41, 5.74) is 2.10. The van der Waals surface area contributed by atoms with Crippen LogP contribution in [0.15, 0.2) is 24.3 Å². The normalized spacial score (nSPS) is 14.5. The van der Waals surface area contributed by atoms with Crippen LogP contribution in [0.3, 0.4) is 0 Å². The number of rotatable bonds is 3. The highest BCUT2D eigenvalue weighted by Crippen LogP contribution is 2.38. The molecule has 0 bridgehead atoms. The van der Waals surface area contributed by atoms with E-state index in [4.69, 9.17) is 11.7 Å². The van der Waals surface area contributed by atoms with E-state index in [0.29, 0.717) is 16.1 Å². The molecule has 0 atom stereocenters. The molecule has 0 unspecified atom stereocenters. The van der Waals surface area contributed by atoms with Gasteiger partial charge in [-0.1, -0.05) is 6.07 Å². The largest absolute Gasteiger partial charge is 0.477 e. The number of piperidine rings is 1. The molecule has 1 aromatic heterocycles. The molecule has 23 heavy (non-hydrogen) atoms. The smallest absolute Gasteiger partial charge is 0.348 e. The summed E-state index contributed by atoms with van der Waals surface area (Å²) in [5, 5.41) is 8.96. The van der Waals surface area contributed by atoms with Gasteiger partial charge in [0.25, 0.3) is 0 Å². The Labute approximate surface area is 137 Å². The lowest BCUT2D eigenvalue weighted by atomic mass is 10.1. The van der Waals surface area contributed by atoms with E-state index >= 15 is 0 Å². The maximum absolute atomic E-state index is 13.7. The topological polar surface area (TPSA) is 44.9 Å². The molecule has 0 saturated carbocycles. The van der Waals surface area contributed by atoms with E-state index in [9.17, 15) is 9.18 Å². The number of benzene rings is 1. The molecule has 1 aliphatic heterocycles. The fourth-order valence-electron chi connectivity index (χ4n) is 2.83. The Balaban J connectivity index is 1.97. The third kappa shape index (κ3) is 3.06. The highest BCUT2D eigenvalue weighted by Gasteiger charge is 2.19. The second-order valence-corrected chi connectivity index (χ2v) is 6.51. The Morgan fingerprint density at radius 1 is 1.26 bits per heavy atom. The zero-order chi connectivity index (χ0) is 16.4. The number of thiophene rings is 1. The molecule has 118 valence electrons. The molecule has 1 aromatic carbocycles. The van der Waals surface area contributed by atoms with Crippen LogP contribution in [0.25, 0.3) is 15.3 Å². The monoisotopic (exact) mass is 330 g/mol. The number of carboxylic acids is 1. The van der Waals surface area contributed by atoms with Gasteiger partial charge in [0.1, 0.15) is 10.7 Å². The van der Waals surface area contributed by atoms with Crippen molar-refractivity contribution in [2.75, 3.05) is 18.0 Å². The average molecular weight is 330 g/mol. The molecule has 3 rings (SSSR count). The summed E-state index contributed by atoms with van der Waals surface area (Å²) in [6.45, 7) is 9.30. The Kier molecular flexibility index (Phi) is 4.30. The standard InChI is InChI=1S/C17H15FN2O2S/c1-19-13-9-11(15-10-12(18)16(23-15)17(21)22)5-6-14(13)20-7-3-2-4-8-20/h5-6,9-10H,2-4,7-8H2,(H,21,22). The summed E-state index contributed by atoms with van der Waals surface area (Å²) in [4.78, 5) is 17.0. The summed E-state index contributed by atoms with van der Waals surface area (Å²) in [6, 6.07) is 6.65. The SMILES string of the molecule is [C-]#[N+]c1cc(-c2cc(F)c(C(=O)O)s2)ccc1N1CCCCC1. The number of hydrogen-bond acceptors (Lipinski definition) is 3. The molecule has 1 fully saturated rings. The molecule has 1 saturated heterocycles. The van der Waals surface area contributed by atoms with Crippen molar-refractivity contribution in [2.24, 2.45) is 0 Å². The number of anilines is 1. The van der Waals surface area contributed by atoms with Gasteiger partial charge < -0.3 is 10.0 Å². The molecular weight excluding hydrogens is 315 g/mol. The minimum Gasteiger partial charge on any atom is -0.477 e. The third-order valence-electron chi connectivity index (χ3n) is 3.96. The van der Waals surface area contributed by atoms with E-state index in [1.807, 2.05) is 12.1 Å². The molecule has 0 amide bonds. The van der Waals surface area contributed by atoms with Crippen molar-refractivity contribution in [3.8, 4) is 10.4 Å². The second kappa shape index (κ2) is 6.39. The molecule has 2 heterocycles. The predicted octanol–water partition coefficient (Wildman–Crippen LogP) is 4.79. The van der Waals surface area contributed by atoms with Crippen molar-refractivity contribution in [1.82, 2.24) is 0 Å². The predicted molar refractivity (Wildman–Crippen MR) is 89.0 cm³/mol. The first-order valence-electron chi connectivity index (χ1n) is 7.39. The average Bonchev–Trinajstić information content (AvgIpc) is 2.97. The maximum Gasteiger partial charge on any atom is 0.348 e. The van der Waals surface area contributed by atoms with Crippen molar-refractivity contribution in [3.05, 3.63) is 46.4 Å². The minimum absolute atomic E-state index is 0.301. The van der Waals surface area contributed by atoms with Crippen LogP contribution in [0.2, 0.25) is 0 Å². The number of carboxylic acid groups (broad SMARTS) is 1. The zero-order valence-corrected chi connectivity index (χ0v) is 13.2. The molecule has 1 aliphatic rings. The highest BCUT2D eigenvalue weighted by atomic mass is 32.1. The van der Waals surface area contributed by atoms with Gasteiger partial charge in [-0.25, -0.2) is 14.0 Å². The molecule has 1 N–H and O–H groups in total. The van der Waals surface area contributed by atoms with Crippen LogP contribution in [0.5, 0.6) is 0 Å². The van der Waals surface area contributed by atoms with Crippen LogP contribution in [-0.2, 0) is 0 Å². The van der Waals surface area contributed by atoms with Crippen molar-refractivity contribution in [2.45, 2.75) is 19.3 Å². The first-order chi connectivity index (χ1) is 11.1. The number of carbonyl (C=O) groups is 1. The number of aromatic carboxylic acids is 1. The molecule has 4 nitrogen and oxygen atoms in total. The number of halogens is 1. The Morgan fingerprint density at radius 3 is 2.61 bits per heavy atom. The molecule has 0 radical (unpaired) electrons. The van der Waals surface area contributed by atoms with E-state index in [1.54, 1.807) is 6.07 Å². The van der Waals surface area contributed by atoms with Gasteiger partial charge in [-0.15, -0.1) is 11.3 Å². The van der Waals surface area contributed by atoms with Gasteiger partial charge in [0.2, 0.25) is 5.69 Å². The summed E-state index contributed by atoms with van der Waals surface area (Å²) in [5.74, 6) is -2.00. The van der Waals surface area contributed by atoms with Gasteiger partial charge in [0.05, 0.1) is 6.57 Å². The van der Waals surface area contributed by atoms with Crippen LogP contribution >= 0.6 is 11.3 Å². The molecule has 0 spiro atoms. The van der Waals surface area contributed by atoms with Crippen molar-refractivity contribution >= 4 is 28.7 Å². The second-order valence-electron chi connectivity index (χ2n) is 5.46. The van der Waals surface area contributed by atoms with Crippen LogP contribution < -0.4 is 4.90 Å². The van der Waals surface area contributed by atoms with Crippen molar-refractivity contribution < 1.29 is 14.3 Å². The van der Waals surface area contributed by atoms with E-state index in [2.05, 4.69) is 9.74 Å². The van der Waals surface area contributed by atoms with Crippen LogP contribution in [0.1, 0.15) is 28.9 Å². The Morgan fingerprint density at radius 2 is 2.00 bits per heavy atom. The first-order valence-corrected chi connectivity index (χ1v) is 8.21. The fourth-order valence-corrected chi connectivity index (χ4v) is 3.70. The fraction of sp³-hybridized carbons (Fsp3) is 0.294. The van der Waals surface area contributed by atoms with Crippen LogP contribution in [0, 0.1) is 12.4 Å². The molecule has 2 aromatic rings. The van der Waals surface area contributed by atoms with Gasteiger partial charge in [-0.3, -0.25) is 0 Å². The van der Waals surface area contributed by atoms with E-state index in [1.165, 1.54) is 12.5 Å². The van der Waals surface area contributed by atoms with Gasteiger partial charge in [0.15, 0.2) is 0 Å². The maximum atomic E-state index is 13.7. The number of hydrogen-bond donors (Lipinski definition) is 1. The van der Waals surface area contributed by atoms with E-state index in [-0.39, 0.29) is 4.88 Å². The summed E-state index contributed by atoms with van der Waals surface area (Å²) in [7, 11) is 0. The van der Waals surface area contributed by atoms with Gasteiger partial charge in [0, 0.05) is 23.7 Å². The summed E-state index contributed by atoms with van der Waals surface area (Å²) in [6.07, 6.45) is 3.46. The highest BCUT2D eigenvalue weighted by molar-refractivity contribution is 7.17. The third-order valence-corrected chi connectivity index (χ3v) is 5.11. The van der Waals surface area contributed by atoms with Gasteiger partial charge in [-0.05, 0) is 43.0 Å². The van der Waals surface area contributed by atoms with Crippen molar-refractivity contribution in [3.63, 3.8) is 0 Å². The van der Waals surface area contributed by atoms with E-state index in [0.717, 1.165) is 43.0 Å². The number of nitrogens with zero attached hydrogens (tertiary/aromatic N) is 2. The lowest BCUT2D eigenvalue weighted by Crippen LogP contribution is -2.29. The Hall–Kier alpha value is -2.39. The molecule has 0 aliphatic carbocycles. The lowest BCUT2D eigenvalue weighted by Gasteiger charge is -2.30. The Bertz CT molecular complexity index is 788.